The molecule has 0 saturated carbocycles. The molecule has 2 nitrogen and oxygen atoms in total. The molecule has 0 atom stereocenters. The van der Waals surface area contributed by atoms with Crippen molar-refractivity contribution in [3.8, 4) is 0 Å². The average Bonchev–Trinajstić information content (AvgIpc) is 1.77. The van der Waals surface area contributed by atoms with Crippen LogP contribution in [-0.4, -0.2) is 11.6 Å². The van der Waals surface area contributed by atoms with Crippen molar-refractivity contribution >= 4 is 79.5 Å². The Morgan fingerprint density at radius 1 is 0.583 bits per heavy atom. The van der Waals surface area contributed by atoms with E-state index in [9.17, 15) is 9.59 Å². The lowest BCUT2D eigenvalue weighted by molar-refractivity contribution is -0.113. The van der Waals surface area contributed by atoms with Gasteiger partial charge in [-0.15, -0.1) is 67.9 Å². The van der Waals surface area contributed by atoms with Gasteiger partial charge in [-0.25, -0.2) is 0 Å². The van der Waals surface area contributed by atoms with Gasteiger partial charge < -0.3 is 0 Å². The highest BCUT2D eigenvalue weighted by Gasteiger charge is 1.97. The van der Waals surface area contributed by atoms with Crippen LogP contribution in [0.5, 0.6) is 0 Å². The van der Waals surface area contributed by atoms with Crippen LogP contribution in [0, 0.1) is 0 Å². The van der Waals surface area contributed by atoms with E-state index in [-0.39, 0.29) is 79.5 Å². The normalized spacial score (nSPS) is 11.7. The topological polar surface area (TPSA) is 34.1 Å². The molecule has 1 aliphatic carbocycles. The highest BCUT2D eigenvalue weighted by Crippen LogP contribution is 1.90. The molecule has 0 heterocycles. The minimum absolute atomic E-state index is 0. The number of rotatable bonds is 0. The minimum Gasteiger partial charge on any atom is -0.290 e. The monoisotopic (exact) mass is 428 g/mol. The molecule has 0 aromatic heterocycles. The zero-order chi connectivity index (χ0) is 5.98. The highest BCUT2D eigenvalue weighted by molar-refractivity contribution is 8.93. The van der Waals surface area contributed by atoms with Gasteiger partial charge in [-0.3, -0.25) is 9.59 Å². The van der Waals surface area contributed by atoms with Gasteiger partial charge in [0.25, 0.3) is 0 Å². The van der Waals surface area contributed by atoms with E-state index in [1.807, 2.05) is 0 Å². The fraction of sp³-hybridized carbons (Fsp3) is 0. The third-order valence-corrected chi connectivity index (χ3v) is 0.824. The third kappa shape index (κ3) is 8.83. The van der Waals surface area contributed by atoms with Gasteiger partial charge in [-0.1, -0.05) is 0 Å². The van der Waals surface area contributed by atoms with Crippen LogP contribution in [0.4, 0.5) is 0 Å². The molecule has 0 amide bonds. The number of carbonyl (C=O) groups is 2. The Balaban J connectivity index is -0.0000000800. The van der Waals surface area contributed by atoms with Gasteiger partial charge in [-0.2, -0.15) is 0 Å². The SMILES string of the molecule is Br.Br.Br.Br.O=C1C=CC(=O)C=C1. The lowest BCUT2D eigenvalue weighted by Gasteiger charge is -1.87. The summed E-state index contributed by atoms with van der Waals surface area (Å²) in [5.74, 6) is -0.241. The summed E-state index contributed by atoms with van der Waals surface area (Å²) in [7, 11) is 0. The van der Waals surface area contributed by atoms with E-state index in [4.69, 9.17) is 0 Å². The smallest absolute Gasteiger partial charge is 0.178 e. The summed E-state index contributed by atoms with van der Waals surface area (Å²) in [5.41, 5.74) is 0. The van der Waals surface area contributed by atoms with E-state index in [2.05, 4.69) is 0 Å². The molecule has 0 aromatic carbocycles. The molecule has 0 aromatic rings. The maximum Gasteiger partial charge on any atom is 0.178 e. The van der Waals surface area contributed by atoms with Crippen molar-refractivity contribution in [1.82, 2.24) is 0 Å². The standard InChI is InChI=1S/C6H4O2.4BrH/c7-5-1-2-6(8)4-3-5;;;;/h1-4H;4*1H. The summed E-state index contributed by atoms with van der Waals surface area (Å²) >= 11 is 0. The van der Waals surface area contributed by atoms with Crippen LogP contribution in [0.25, 0.3) is 0 Å². The highest BCUT2D eigenvalue weighted by atomic mass is 79.9. The van der Waals surface area contributed by atoms with Crippen molar-refractivity contribution in [1.29, 1.82) is 0 Å². The Bertz CT molecular complexity index is 160. The summed E-state index contributed by atoms with van der Waals surface area (Å²) in [6, 6.07) is 0. The average molecular weight is 432 g/mol. The summed E-state index contributed by atoms with van der Waals surface area (Å²) in [5, 5.41) is 0. The van der Waals surface area contributed by atoms with Crippen LogP contribution in [0.3, 0.4) is 0 Å². The Kier molecular flexibility index (Phi) is 22.5. The maximum atomic E-state index is 10.3. The summed E-state index contributed by atoms with van der Waals surface area (Å²) in [6.07, 6.45) is 5.01. The molecule has 0 unspecified atom stereocenters. The third-order valence-electron chi connectivity index (χ3n) is 0.824. The van der Waals surface area contributed by atoms with E-state index in [1.54, 1.807) is 0 Å². The van der Waals surface area contributed by atoms with Crippen molar-refractivity contribution in [2.24, 2.45) is 0 Å². The zero-order valence-corrected chi connectivity index (χ0v) is 12.6. The molecule has 72 valence electrons. The fourth-order valence-electron chi connectivity index (χ4n) is 0.440. The largest absolute Gasteiger partial charge is 0.290 e. The van der Waals surface area contributed by atoms with Crippen molar-refractivity contribution in [3.05, 3.63) is 24.3 Å². The summed E-state index contributed by atoms with van der Waals surface area (Å²) < 4.78 is 0. The molecule has 0 bridgehead atoms. The Labute approximate surface area is 113 Å². The number of carbonyl (C=O) groups excluding carboxylic acids is 2. The van der Waals surface area contributed by atoms with Gasteiger partial charge in [0.05, 0.1) is 0 Å². The summed E-state index contributed by atoms with van der Waals surface area (Å²) in [6.45, 7) is 0. The van der Waals surface area contributed by atoms with Gasteiger partial charge >= 0.3 is 0 Å². The van der Waals surface area contributed by atoms with Gasteiger partial charge in [0.1, 0.15) is 0 Å². The first kappa shape index (κ1) is 23.0. The van der Waals surface area contributed by atoms with E-state index in [0.29, 0.717) is 0 Å². The first-order valence-corrected chi connectivity index (χ1v) is 2.23. The Hall–Kier alpha value is 0.740. The van der Waals surface area contributed by atoms with Crippen molar-refractivity contribution in [2.75, 3.05) is 0 Å². The molecule has 1 rings (SSSR count). The zero-order valence-electron chi connectivity index (χ0n) is 5.76. The second-order valence-electron chi connectivity index (χ2n) is 1.47. The van der Waals surface area contributed by atoms with Crippen molar-refractivity contribution < 1.29 is 9.59 Å². The molecule has 12 heavy (non-hydrogen) atoms. The van der Waals surface area contributed by atoms with E-state index in [1.165, 1.54) is 24.3 Å². The van der Waals surface area contributed by atoms with Crippen LogP contribution < -0.4 is 0 Å². The number of ketones is 2. The van der Waals surface area contributed by atoms with Crippen LogP contribution in [0.1, 0.15) is 0 Å². The molecule has 0 spiro atoms. The Morgan fingerprint density at radius 3 is 0.917 bits per heavy atom. The van der Waals surface area contributed by atoms with E-state index >= 15 is 0 Å². The molecular formula is C6H8Br4O2. The molecular weight excluding hydrogens is 424 g/mol. The number of halogens is 4. The van der Waals surface area contributed by atoms with Crippen LogP contribution in [0.2, 0.25) is 0 Å². The molecule has 0 radical (unpaired) electrons. The second-order valence-corrected chi connectivity index (χ2v) is 1.47. The van der Waals surface area contributed by atoms with E-state index in [0.717, 1.165) is 0 Å². The summed E-state index contributed by atoms with van der Waals surface area (Å²) in [4.78, 5) is 20.6. The number of allylic oxidation sites excluding steroid dienone is 4. The predicted octanol–water partition coefficient (Wildman–Crippen LogP) is 2.56. The molecule has 0 saturated heterocycles. The quantitative estimate of drug-likeness (QED) is 0.553. The predicted molar refractivity (Wildman–Crippen MR) is 69.6 cm³/mol. The molecule has 0 N–H and O–H groups in total. The number of hydrogen-bond acceptors (Lipinski definition) is 2. The maximum absolute atomic E-state index is 10.3. The van der Waals surface area contributed by atoms with Crippen LogP contribution in [-0.2, 0) is 9.59 Å². The molecule has 0 fully saturated rings. The van der Waals surface area contributed by atoms with Crippen molar-refractivity contribution in [3.63, 3.8) is 0 Å². The first-order valence-electron chi connectivity index (χ1n) is 2.23. The minimum atomic E-state index is -0.121. The number of hydrogen-bond donors (Lipinski definition) is 0. The van der Waals surface area contributed by atoms with Gasteiger partial charge in [-0.05, 0) is 24.3 Å². The molecule has 6 heteroatoms. The van der Waals surface area contributed by atoms with Crippen molar-refractivity contribution in [2.45, 2.75) is 0 Å². The lowest BCUT2D eigenvalue weighted by Crippen LogP contribution is -1.97. The Morgan fingerprint density at radius 2 is 0.750 bits per heavy atom. The van der Waals surface area contributed by atoms with Crippen LogP contribution in [0.15, 0.2) is 24.3 Å². The van der Waals surface area contributed by atoms with Crippen LogP contribution >= 0.6 is 67.9 Å². The van der Waals surface area contributed by atoms with Gasteiger partial charge in [0.15, 0.2) is 11.6 Å². The van der Waals surface area contributed by atoms with Gasteiger partial charge in [0, 0.05) is 0 Å². The fourth-order valence-corrected chi connectivity index (χ4v) is 0.440. The molecule has 1 aliphatic rings. The van der Waals surface area contributed by atoms with Gasteiger partial charge in [0.2, 0.25) is 0 Å². The molecule has 0 aliphatic heterocycles. The van der Waals surface area contributed by atoms with E-state index < -0.39 is 0 Å². The first-order chi connectivity index (χ1) is 3.79. The second kappa shape index (κ2) is 11.7. The lowest BCUT2D eigenvalue weighted by atomic mass is 10.2.